The molecule has 0 radical (unpaired) electrons. The van der Waals surface area contributed by atoms with E-state index in [9.17, 15) is 4.79 Å². The van der Waals surface area contributed by atoms with E-state index in [2.05, 4.69) is 15.6 Å². The Kier molecular flexibility index (Phi) is 5.98. The Morgan fingerprint density at radius 3 is 2.88 bits per heavy atom. The molecule has 0 aliphatic heterocycles. The molecule has 6 nitrogen and oxygen atoms in total. The van der Waals surface area contributed by atoms with E-state index in [1.807, 2.05) is 0 Å². The van der Waals surface area contributed by atoms with Crippen molar-refractivity contribution in [3.63, 3.8) is 0 Å². The topological polar surface area (TPSA) is 100 Å². The van der Waals surface area contributed by atoms with E-state index in [-0.39, 0.29) is 12.5 Å². The number of nitrogens with two attached hydrogens (primary N) is 1. The molecule has 1 amide bonds. The van der Waals surface area contributed by atoms with Gasteiger partial charge in [-0.15, -0.1) is 0 Å². The standard InChI is InChI=1S/C11H18N4O2/c12-5-1-2-11(17)15-10-4-3-9(8-14-10)13-6-7-16/h3-4,8,13,16H,1-2,5-7,12H2,(H,14,15,17). The zero-order valence-electron chi connectivity index (χ0n) is 9.65. The first kappa shape index (κ1) is 13.4. The number of carbonyl (C=O) groups is 1. The van der Waals surface area contributed by atoms with Gasteiger partial charge in [0.1, 0.15) is 5.82 Å². The number of nitrogens with zero attached hydrogens (tertiary/aromatic N) is 1. The quantitative estimate of drug-likeness (QED) is 0.542. The number of carbonyl (C=O) groups excluding carboxylic acids is 1. The van der Waals surface area contributed by atoms with Crippen molar-refractivity contribution in [2.24, 2.45) is 5.73 Å². The van der Waals surface area contributed by atoms with Crippen LogP contribution in [0.15, 0.2) is 18.3 Å². The molecule has 94 valence electrons. The molecule has 5 N–H and O–H groups in total. The second-order valence-electron chi connectivity index (χ2n) is 3.52. The van der Waals surface area contributed by atoms with Crippen LogP contribution in [0.25, 0.3) is 0 Å². The summed E-state index contributed by atoms with van der Waals surface area (Å²) in [5.74, 6) is 0.431. The van der Waals surface area contributed by atoms with E-state index in [4.69, 9.17) is 10.8 Å². The first-order valence-electron chi connectivity index (χ1n) is 5.57. The molecule has 1 rings (SSSR count). The molecular formula is C11H18N4O2. The summed E-state index contributed by atoms with van der Waals surface area (Å²) < 4.78 is 0. The van der Waals surface area contributed by atoms with Gasteiger partial charge in [-0.3, -0.25) is 4.79 Å². The second kappa shape index (κ2) is 7.59. The Morgan fingerprint density at radius 1 is 1.47 bits per heavy atom. The molecule has 1 aromatic heterocycles. The van der Waals surface area contributed by atoms with Gasteiger partial charge in [-0.25, -0.2) is 4.98 Å². The normalized spacial score (nSPS) is 10.0. The number of anilines is 2. The number of hydrogen-bond acceptors (Lipinski definition) is 5. The molecule has 0 aliphatic carbocycles. The monoisotopic (exact) mass is 238 g/mol. The van der Waals surface area contributed by atoms with Crippen molar-refractivity contribution in [1.82, 2.24) is 4.98 Å². The SMILES string of the molecule is NCCCC(=O)Nc1ccc(NCCO)cn1. The zero-order valence-corrected chi connectivity index (χ0v) is 9.65. The largest absolute Gasteiger partial charge is 0.395 e. The molecule has 0 atom stereocenters. The van der Waals surface area contributed by atoms with Crippen LogP contribution in [0.4, 0.5) is 11.5 Å². The van der Waals surface area contributed by atoms with Gasteiger partial charge in [0, 0.05) is 13.0 Å². The predicted octanol–water partition coefficient (Wildman–Crippen LogP) is 0.163. The van der Waals surface area contributed by atoms with Crippen LogP contribution in [-0.4, -0.2) is 35.7 Å². The summed E-state index contributed by atoms with van der Waals surface area (Å²) in [6.45, 7) is 1.05. The summed E-state index contributed by atoms with van der Waals surface area (Å²) in [4.78, 5) is 15.4. The number of pyridine rings is 1. The fourth-order valence-electron chi connectivity index (χ4n) is 1.24. The molecule has 1 aromatic rings. The van der Waals surface area contributed by atoms with Gasteiger partial charge in [0.15, 0.2) is 0 Å². The molecule has 6 heteroatoms. The summed E-state index contributed by atoms with van der Waals surface area (Å²) in [7, 11) is 0. The molecule has 17 heavy (non-hydrogen) atoms. The third kappa shape index (κ3) is 5.28. The lowest BCUT2D eigenvalue weighted by Crippen LogP contribution is -2.14. The Labute approximate surface area is 100 Å². The van der Waals surface area contributed by atoms with Gasteiger partial charge in [0.2, 0.25) is 5.91 Å². The number of aliphatic hydroxyl groups excluding tert-OH is 1. The van der Waals surface area contributed by atoms with Crippen molar-refractivity contribution in [2.45, 2.75) is 12.8 Å². The second-order valence-corrected chi connectivity index (χ2v) is 3.52. The minimum atomic E-state index is -0.0842. The Balaban J connectivity index is 2.42. The molecule has 0 saturated carbocycles. The maximum atomic E-state index is 11.4. The minimum absolute atomic E-state index is 0.0670. The summed E-state index contributed by atoms with van der Waals surface area (Å²) >= 11 is 0. The number of aliphatic hydroxyl groups is 1. The highest BCUT2D eigenvalue weighted by molar-refractivity contribution is 5.89. The maximum absolute atomic E-state index is 11.4. The smallest absolute Gasteiger partial charge is 0.225 e. The molecule has 0 unspecified atom stereocenters. The van der Waals surface area contributed by atoms with E-state index >= 15 is 0 Å². The molecule has 0 aliphatic rings. The van der Waals surface area contributed by atoms with Gasteiger partial charge in [-0.05, 0) is 25.1 Å². The molecule has 0 spiro atoms. The lowest BCUT2D eigenvalue weighted by atomic mass is 10.3. The van der Waals surface area contributed by atoms with Gasteiger partial charge >= 0.3 is 0 Å². The Hall–Kier alpha value is -1.66. The third-order valence-electron chi connectivity index (χ3n) is 2.08. The van der Waals surface area contributed by atoms with Crippen LogP contribution in [0.1, 0.15) is 12.8 Å². The van der Waals surface area contributed by atoms with E-state index in [0.29, 0.717) is 31.7 Å². The molecule has 0 aromatic carbocycles. The van der Waals surface area contributed by atoms with E-state index in [1.54, 1.807) is 18.3 Å². The van der Waals surface area contributed by atoms with Crippen LogP contribution in [0.2, 0.25) is 0 Å². The first-order chi connectivity index (χ1) is 8.26. The van der Waals surface area contributed by atoms with Crippen molar-refractivity contribution in [3.8, 4) is 0 Å². The van der Waals surface area contributed by atoms with E-state index < -0.39 is 0 Å². The third-order valence-corrected chi connectivity index (χ3v) is 2.08. The summed E-state index contributed by atoms with van der Waals surface area (Å²) in [6.07, 6.45) is 2.68. The first-order valence-corrected chi connectivity index (χ1v) is 5.57. The van der Waals surface area contributed by atoms with Gasteiger partial charge in [0.25, 0.3) is 0 Å². The van der Waals surface area contributed by atoms with Gasteiger partial charge in [-0.1, -0.05) is 0 Å². The highest BCUT2D eigenvalue weighted by Gasteiger charge is 2.02. The lowest BCUT2D eigenvalue weighted by Gasteiger charge is -2.06. The van der Waals surface area contributed by atoms with Crippen LogP contribution < -0.4 is 16.4 Å². The fraction of sp³-hybridized carbons (Fsp3) is 0.455. The number of amides is 1. The lowest BCUT2D eigenvalue weighted by molar-refractivity contribution is -0.116. The van der Waals surface area contributed by atoms with Crippen molar-refractivity contribution in [2.75, 3.05) is 30.3 Å². The predicted molar refractivity (Wildman–Crippen MR) is 66.7 cm³/mol. The highest BCUT2D eigenvalue weighted by Crippen LogP contribution is 2.09. The van der Waals surface area contributed by atoms with Crippen molar-refractivity contribution in [3.05, 3.63) is 18.3 Å². The highest BCUT2D eigenvalue weighted by atomic mass is 16.3. The van der Waals surface area contributed by atoms with Crippen LogP contribution in [0, 0.1) is 0 Å². The van der Waals surface area contributed by atoms with Crippen LogP contribution >= 0.6 is 0 Å². The van der Waals surface area contributed by atoms with Crippen LogP contribution in [0.5, 0.6) is 0 Å². The summed E-state index contributed by atoms with van der Waals surface area (Å²) in [5, 5.41) is 14.3. The van der Waals surface area contributed by atoms with Gasteiger partial charge in [0.05, 0.1) is 18.5 Å². The van der Waals surface area contributed by atoms with Crippen molar-refractivity contribution in [1.29, 1.82) is 0 Å². The fourth-order valence-corrected chi connectivity index (χ4v) is 1.24. The Bertz CT molecular complexity index is 340. The summed E-state index contributed by atoms with van der Waals surface area (Å²) in [5.41, 5.74) is 6.12. The summed E-state index contributed by atoms with van der Waals surface area (Å²) in [6, 6.07) is 3.50. The van der Waals surface area contributed by atoms with Crippen LogP contribution in [-0.2, 0) is 4.79 Å². The minimum Gasteiger partial charge on any atom is -0.395 e. The molecular weight excluding hydrogens is 220 g/mol. The van der Waals surface area contributed by atoms with Crippen LogP contribution in [0.3, 0.4) is 0 Å². The van der Waals surface area contributed by atoms with Crippen molar-refractivity contribution < 1.29 is 9.90 Å². The number of hydrogen-bond donors (Lipinski definition) is 4. The average Bonchev–Trinajstić information content (AvgIpc) is 2.35. The Morgan fingerprint density at radius 2 is 2.29 bits per heavy atom. The molecule has 0 fully saturated rings. The molecule has 1 heterocycles. The van der Waals surface area contributed by atoms with Gasteiger partial charge in [-0.2, -0.15) is 0 Å². The zero-order chi connectivity index (χ0) is 12.5. The van der Waals surface area contributed by atoms with E-state index in [1.165, 1.54) is 0 Å². The van der Waals surface area contributed by atoms with Gasteiger partial charge < -0.3 is 21.5 Å². The molecule has 0 bridgehead atoms. The average molecular weight is 238 g/mol. The number of nitrogens with one attached hydrogen (secondary N) is 2. The number of aromatic nitrogens is 1. The molecule has 0 saturated heterocycles. The van der Waals surface area contributed by atoms with Crippen molar-refractivity contribution >= 4 is 17.4 Å². The van der Waals surface area contributed by atoms with E-state index in [0.717, 1.165) is 5.69 Å². The number of rotatable bonds is 7. The maximum Gasteiger partial charge on any atom is 0.225 e.